The van der Waals surface area contributed by atoms with Crippen molar-refractivity contribution in [3.05, 3.63) is 29.3 Å². The van der Waals surface area contributed by atoms with E-state index < -0.39 is 0 Å². The van der Waals surface area contributed by atoms with Crippen LogP contribution in [-0.2, 0) is 14.4 Å². The summed E-state index contributed by atoms with van der Waals surface area (Å²) in [6.45, 7) is 6.13. The summed E-state index contributed by atoms with van der Waals surface area (Å²) in [5.41, 5.74) is -0.342. The first-order valence-corrected chi connectivity index (χ1v) is 11.5. The van der Waals surface area contributed by atoms with E-state index in [1.807, 2.05) is 17.0 Å². The second kappa shape index (κ2) is 11.0. The fourth-order valence-corrected chi connectivity index (χ4v) is 4.30. The number of rotatable bonds is 7. The van der Waals surface area contributed by atoms with Crippen molar-refractivity contribution in [3.63, 3.8) is 0 Å². The first-order chi connectivity index (χ1) is 15.3. The summed E-state index contributed by atoms with van der Waals surface area (Å²) in [7, 11) is 2.07. The molecule has 3 amide bonds. The Bertz CT molecular complexity index is 801. The molecule has 2 aliphatic rings. The average Bonchev–Trinajstić information content (AvgIpc) is 2.78. The lowest BCUT2D eigenvalue weighted by Gasteiger charge is -2.42. The first-order valence-electron chi connectivity index (χ1n) is 11.1. The van der Waals surface area contributed by atoms with Crippen LogP contribution in [0.25, 0.3) is 0 Å². The zero-order chi connectivity index (χ0) is 23.1. The van der Waals surface area contributed by atoms with Crippen LogP contribution in [0, 0.1) is 5.41 Å². The Morgan fingerprint density at radius 3 is 2.16 bits per heavy atom. The van der Waals surface area contributed by atoms with Gasteiger partial charge in [-0.3, -0.25) is 14.4 Å². The molecule has 2 aliphatic heterocycles. The number of carbonyl (C=O) groups is 3. The number of likely N-dealkylation sites (tertiary alicyclic amines) is 1. The number of piperazine rings is 1. The summed E-state index contributed by atoms with van der Waals surface area (Å²) < 4.78 is 6.09. The Kier molecular flexibility index (Phi) is 8.37. The SMILES string of the molecule is CC(=O)NCC(=O)N1CCC(COc2ccc(Cl)cc2)(CC(=O)N2CCN(C)CC2)CC1. The maximum absolute atomic E-state index is 13.1. The number of hydrogen-bond donors (Lipinski definition) is 1. The lowest BCUT2D eigenvalue weighted by atomic mass is 9.75. The second-order valence-corrected chi connectivity index (χ2v) is 9.33. The lowest BCUT2D eigenvalue weighted by molar-refractivity contribution is -0.139. The van der Waals surface area contributed by atoms with E-state index in [9.17, 15) is 14.4 Å². The molecule has 2 heterocycles. The molecular formula is C23H33ClN4O4. The fraction of sp³-hybridized carbons (Fsp3) is 0.609. The molecule has 0 bridgehead atoms. The summed E-state index contributed by atoms with van der Waals surface area (Å²) in [6.07, 6.45) is 1.75. The molecule has 9 heteroatoms. The number of ether oxygens (including phenoxy) is 1. The maximum Gasteiger partial charge on any atom is 0.241 e. The van der Waals surface area contributed by atoms with Gasteiger partial charge in [-0.1, -0.05) is 11.6 Å². The fourth-order valence-electron chi connectivity index (χ4n) is 4.17. The number of nitrogens with one attached hydrogen (secondary N) is 1. The van der Waals surface area contributed by atoms with Gasteiger partial charge in [-0.05, 0) is 44.2 Å². The van der Waals surface area contributed by atoms with Crippen molar-refractivity contribution < 1.29 is 19.1 Å². The molecule has 0 aromatic heterocycles. The van der Waals surface area contributed by atoms with Crippen molar-refractivity contribution in [2.24, 2.45) is 5.41 Å². The van der Waals surface area contributed by atoms with Crippen LogP contribution < -0.4 is 10.1 Å². The number of nitrogens with zero attached hydrogens (tertiary/aromatic N) is 3. The minimum atomic E-state index is -0.342. The van der Waals surface area contributed by atoms with E-state index in [4.69, 9.17) is 16.3 Å². The summed E-state index contributed by atoms with van der Waals surface area (Å²) in [4.78, 5) is 42.6. The van der Waals surface area contributed by atoms with Gasteiger partial charge in [0.2, 0.25) is 17.7 Å². The van der Waals surface area contributed by atoms with Crippen LogP contribution in [0.1, 0.15) is 26.2 Å². The molecule has 0 unspecified atom stereocenters. The quantitative estimate of drug-likeness (QED) is 0.663. The molecule has 2 saturated heterocycles. The summed E-state index contributed by atoms with van der Waals surface area (Å²) >= 11 is 5.97. The van der Waals surface area contributed by atoms with E-state index in [1.54, 1.807) is 17.0 Å². The zero-order valence-electron chi connectivity index (χ0n) is 18.9. The molecular weight excluding hydrogens is 432 g/mol. The van der Waals surface area contributed by atoms with Crippen LogP contribution in [0.15, 0.2) is 24.3 Å². The van der Waals surface area contributed by atoms with Crippen molar-refractivity contribution in [1.29, 1.82) is 0 Å². The molecule has 0 aliphatic carbocycles. The smallest absolute Gasteiger partial charge is 0.241 e. The van der Waals surface area contributed by atoms with E-state index in [2.05, 4.69) is 17.3 Å². The molecule has 3 rings (SSSR count). The Balaban J connectivity index is 1.64. The number of amides is 3. The number of piperidine rings is 1. The van der Waals surface area contributed by atoms with Gasteiger partial charge in [-0.15, -0.1) is 0 Å². The highest BCUT2D eigenvalue weighted by Crippen LogP contribution is 2.37. The Morgan fingerprint density at radius 2 is 1.56 bits per heavy atom. The van der Waals surface area contributed by atoms with Gasteiger partial charge in [0.1, 0.15) is 5.75 Å². The highest BCUT2D eigenvalue weighted by Gasteiger charge is 2.40. The molecule has 0 saturated carbocycles. The van der Waals surface area contributed by atoms with Crippen LogP contribution in [0.4, 0.5) is 0 Å². The van der Waals surface area contributed by atoms with Crippen LogP contribution >= 0.6 is 11.6 Å². The predicted octanol–water partition coefficient (Wildman–Crippen LogP) is 1.63. The molecule has 32 heavy (non-hydrogen) atoms. The largest absolute Gasteiger partial charge is 0.493 e. The third-order valence-electron chi connectivity index (χ3n) is 6.41. The minimum absolute atomic E-state index is 0.00380. The number of likely N-dealkylation sites (N-methyl/N-ethyl adjacent to an activating group) is 1. The van der Waals surface area contributed by atoms with Crippen molar-refractivity contribution in [2.75, 3.05) is 59.5 Å². The van der Waals surface area contributed by atoms with Gasteiger partial charge >= 0.3 is 0 Å². The molecule has 0 spiro atoms. The Morgan fingerprint density at radius 1 is 0.969 bits per heavy atom. The average molecular weight is 465 g/mol. The van der Waals surface area contributed by atoms with E-state index in [1.165, 1.54) is 6.92 Å². The summed E-state index contributed by atoms with van der Waals surface area (Å²) in [6, 6.07) is 7.21. The molecule has 2 fully saturated rings. The van der Waals surface area contributed by atoms with Crippen LogP contribution in [-0.4, -0.2) is 91.9 Å². The highest BCUT2D eigenvalue weighted by atomic mass is 35.5. The molecule has 1 N–H and O–H groups in total. The van der Waals surface area contributed by atoms with Crippen LogP contribution in [0.2, 0.25) is 5.02 Å². The molecule has 176 valence electrons. The maximum atomic E-state index is 13.1. The van der Waals surface area contributed by atoms with Gasteiger partial charge in [0.15, 0.2) is 0 Å². The molecule has 8 nitrogen and oxygen atoms in total. The number of halogens is 1. The third kappa shape index (κ3) is 6.84. The zero-order valence-corrected chi connectivity index (χ0v) is 19.7. The second-order valence-electron chi connectivity index (χ2n) is 8.89. The first kappa shape index (κ1) is 24.3. The number of benzene rings is 1. The van der Waals surface area contributed by atoms with Gasteiger partial charge in [-0.25, -0.2) is 0 Å². The minimum Gasteiger partial charge on any atom is -0.493 e. The van der Waals surface area contributed by atoms with E-state index in [-0.39, 0.29) is 29.7 Å². The van der Waals surface area contributed by atoms with Crippen molar-refractivity contribution in [3.8, 4) is 5.75 Å². The van der Waals surface area contributed by atoms with Gasteiger partial charge in [0.05, 0.1) is 13.2 Å². The Labute approximate surface area is 194 Å². The predicted molar refractivity (Wildman–Crippen MR) is 123 cm³/mol. The molecule has 1 aromatic carbocycles. The molecule has 1 aromatic rings. The molecule has 0 radical (unpaired) electrons. The van der Waals surface area contributed by atoms with Crippen molar-refractivity contribution >= 4 is 29.3 Å². The van der Waals surface area contributed by atoms with Crippen LogP contribution in [0.5, 0.6) is 5.75 Å². The van der Waals surface area contributed by atoms with Crippen LogP contribution in [0.3, 0.4) is 0 Å². The van der Waals surface area contributed by atoms with Crippen molar-refractivity contribution in [2.45, 2.75) is 26.2 Å². The number of carbonyl (C=O) groups excluding carboxylic acids is 3. The monoisotopic (exact) mass is 464 g/mol. The third-order valence-corrected chi connectivity index (χ3v) is 6.66. The van der Waals surface area contributed by atoms with Crippen molar-refractivity contribution in [1.82, 2.24) is 20.0 Å². The Hall–Kier alpha value is -2.32. The van der Waals surface area contributed by atoms with E-state index >= 15 is 0 Å². The van der Waals surface area contributed by atoms with Gasteiger partial charge in [-0.2, -0.15) is 0 Å². The molecule has 0 atom stereocenters. The standard InChI is InChI=1S/C23H33ClN4O4/c1-18(29)25-16-22(31)27-9-7-23(8-10-27,17-32-20-5-3-19(24)4-6-20)15-21(30)28-13-11-26(2)12-14-28/h3-6H,7-17H2,1-2H3,(H,25,29). The normalized spacial score (nSPS) is 18.8. The van der Waals surface area contributed by atoms with E-state index in [0.717, 1.165) is 26.2 Å². The van der Waals surface area contributed by atoms with Gasteiger partial charge in [0, 0.05) is 63.1 Å². The van der Waals surface area contributed by atoms with Gasteiger partial charge in [0.25, 0.3) is 0 Å². The number of hydrogen-bond acceptors (Lipinski definition) is 5. The summed E-state index contributed by atoms with van der Waals surface area (Å²) in [5, 5.41) is 3.20. The van der Waals surface area contributed by atoms with Gasteiger partial charge < -0.3 is 24.8 Å². The lowest BCUT2D eigenvalue weighted by Crippen LogP contribution is -2.52. The topological polar surface area (TPSA) is 82.2 Å². The highest BCUT2D eigenvalue weighted by molar-refractivity contribution is 6.30. The summed E-state index contributed by atoms with van der Waals surface area (Å²) in [5.74, 6) is 0.539. The van der Waals surface area contributed by atoms with E-state index in [0.29, 0.717) is 49.7 Å².